The molecule has 2 aromatic rings. The van der Waals surface area contributed by atoms with E-state index in [-0.39, 0.29) is 5.91 Å². The Hall–Kier alpha value is -2.16. The second-order valence-corrected chi connectivity index (χ2v) is 5.07. The minimum atomic E-state index is 0.0565. The van der Waals surface area contributed by atoms with Gasteiger partial charge in [0.1, 0.15) is 5.56 Å². The Morgan fingerprint density at radius 2 is 1.95 bits per heavy atom. The van der Waals surface area contributed by atoms with Crippen molar-refractivity contribution in [2.45, 2.75) is 13.0 Å². The Morgan fingerprint density at radius 3 is 2.74 bits per heavy atom. The predicted molar refractivity (Wildman–Crippen MR) is 73.8 cm³/mol. The van der Waals surface area contributed by atoms with Gasteiger partial charge in [-0.15, -0.1) is 0 Å². The second kappa shape index (κ2) is 4.50. The van der Waals surface area contributed by atoms with Gasteiger partial charge in [-0.25, -0.2) is 0 Å². The number of aryl methyl sites for hydroxylation is 2. The van der Waals surface area contributed by atoms with Gasteiger partial charge in [0.25, 0.3) is 5.91 Å². The van der Waals surface area contributed by atoms with Gasteiger partial charge in [0.05, 0.1) is 5.56 Å². The van der Waals surface area contributed by atoms with Gasteiger partial charge in [-0.2, -0.15) is 4.57 Å². The van der Waals surface area contributed by atoms with Crippen LogP contribution < -0.4 is 4.57 Å². The number of fused-ring (bicyclic) bond motifs is 3. The Balaban J connectivity index is 2.25. The molecule has 2 heterocycles. The van der Waals surface area contributed by atoms with Crippen molar-refractivity contribution in [1.29, 1.82) is 0 Å². The van der Waals surface area contributed by atoms with Crippen LogP contribution in [0.1, 0.15) is 15.9 Å². The molecule has 0 saturated carbocycles. The van der Waals surface area contributed by atoms with Crippen molar-refractivity contribution in [2.24, 2.45) is 0 Å². The van der Waals surface area contributed by atoms with E-state index in [0.29, 0.717) is 0 Å². The van der Waals surface area contributed by atoms with E-state index in [1.165, 1.54) is 11.1 Å². The monoisotopic (exact) mass is 253 g/mol. The number of aromatic nitrogens is 1. The van der Waals surface area contributed by atoms with E-state index < -0.39 is 0 Å². The van der Waals surface area contributed by atoms with E-state index in [4.69, 9.17) is 0 Å². The molecule has 1 amide bonds. The molecule has 1 aromatic carbocycles. The van der Waals surface area contributed by atoms with E-state index in [2.05, 4.69) is 29.0 Å². The van der Waals surface area contributed by atoms with Crippen molar-refractivity contribution in [3.63, 3.8) is 0 Å². The lowest BCUT2D eigenvalue weighted by Crippen LogP contribution is -2.42. The molecular weight excluding hydrogens is 236 g/mol. The van der Waals surface area contributed by atoms with Crippen molar-refractivity contribution in [2.75, 3.05) is 14.1 Å². The van der Waals surface area contributed by atoms with Gasteiger partial charge in [-0.05, 0) is 17.7 Å². The largest absolute Gasteiger partial charge is 0.345 e. The summed E-state index contributed by atoms with van der Waals surface area (Å²) in [5.74, 6) is 0.0565. The van der Waals surface area contributed by atoms with Crippen molar-refractivity contribution in [3.05, 3.63) is 53.7 Å². The molecule has 0 atom stereocenters. The first kappa shape index (κ1) is 11.9. The molecule has 0 aliphatic carbocycles. The fraction of sp³-hybridized carbons (Fsp3) is 0.250. The van der Waals surface area contributed by atoms with Gasteiger partial charge in [0, 0.05) is 26.6 Å². The lowest BCUT2D eigenvalue weighted by molar-refractivity contribution is -0.687. The average Bonchev–Trinajstić information content (AvgIpc) is 2.45. The molecule has 0 fully saturated rings. The van der Waals surface area contributed by atoms with E-state index in [0.717, 1.165) is 24.2 Å². The molecule has 0 N–H and O–H groups in total. The minimum absolute atomic E-state index is 0.0565. The number of hydrogen-bond acceptors (Lipinski definition) is 1. The maximum absolute atomic E-state index is 12.3. The summed E-state index contributed by atoms with van der Waals surface area (Å²) in [7, 11) is 3.59. The lowest BCUT2D eigenvalue weighted by Gasteiger charge is -2.18. The zero-order valence-corrected chi connectivity index (χ0v) is 11.3. The molecule has 96 valence electrons. The molecule has 1 aliphatic heterocycles. The summed E-state index contributed by atoms with van der Waals surface area (Å²) in [6, 6.07) is 12.2. The molecule has 3 nitrogen and oxygen atoms in total. The number of pyridine rings is 1. The van der Waals surface area contributed by atoms with Gasteiger partial charge < -0.3 is 4.90 Å². The average molecular weight is 253 g/mol. The Morgan fingerprint density at radius 1 is 1.16 bits per heavy atom. The predicted octanol–water partition coefficient (Wildman–Crippen LogP) is 1.90. The number of rotatable bonds is 1. The van der Waals surface area contributed by atoms with Crippen LogP contribution in [0.4, 0.5) is 0 Å². The summed E-state index contributed by atoms with van der Waals surface area (Å²) < 4.78 is 2.18. The third-order valence-electron chi connectivity index (χ3n) is 3.60. The highest BCUT2D eigenvalue weighted by Crippen LogP contribution is 2.28. The molecule has 19 heavy (non-hydrogen) atoms. The summed E-state index contributed by atoms with van der Waals surface area (Å²) in [6.45, 7) is 0.931. The highest BCUT2D eigenvalue weighted by Gasteiger charge is 2.28. The number of carbonyl (C=O) groups excluding carboxylic acids is 1. The summed E-state index contributed by atoms with van der Waals surface area (Å²) in [6.07, 6.45) is 3.07. The minimum Gasteiger partial charge on any atom is -0.345 e. The molecule has 0 radical (unpaired) electrons. The second-order valence-electron chi connectivity index (χ2n) is 5.07. The van der Waals surface area contributed by atoms with Crippen molar-refractivity contribution >= 4 is 5.91 Å². The van der Waals surface area contributed by atoms with E-state index >= 15 is 0 Å². The molecule has 3 heteroatoms. The van der Waals surface area contributed by atoms with E-state index in [9.17, 15) is 4.79 Å². The normalized spacial score (nSPS) is 12.5. The summed E-state index contributed by atoms with van der Waals surface area (Å²) >= 11 is 0. The van der Waals surface area contributed by atoms with Gasteiger partial charge >= 0.3 is 0 Å². The maximum Gasteiger partial charge on any atom is 0.260 e. The van der Waals surface area contributed by atoms with Crippen molar-refractivity contribution in [3.8, 4) is 11.3 Å². The van der Waals surface area contributed by atoms with Crippen LogP contribution in [0.3, 0.4) is 0 Å². The van der Waals surface area contributed by atoms with Crippen LogP contribution in [0.5, 0.6) is 0 Å². The first-order valence-corrected chi connectivity index (χ1v) is 6.51. The van der Waals surface area contributed by atoms with Gasteiger partial charge in [0.15, 0.2) is 12.7 Å². The van der Waals surface area contributed by atoms with Crippen LogP contribution >= 0.6 is 0 Å². The lowest BCUT2D eigenvalue weighted by atomic mass is 9.94. The smallest absolute Gasteiger partial charge is 0.260 e. The van der Waals surface area contributed by atoms with Crippen LogP contribution in [0.2, 0.25) is 0 Å². The molecule has 1 aromatic heterocycles. The number of carbonyl (C=O) groups is 1. The quantitative estimate of drug-likeness (QED) is 0.712. The first-order valence-electron chi connectivity index (χ1n) is 6.51. The number of amides is 1. The van der Waals surface area contributed by atoms with Crippen LogP contribution in [0, 0.1) is 0 Å². The van der Waals surface area contributed by atoms with Crippen molar-refractivity contribution < 1.29 is 9.36 Å². The Bertz CT molecular complexity index is 647. The Labute approximate surface area is 113 Å². The Kier molecular flexibility index (Phi) is 2.82. The van der Waals surface area contributed by atoms with Crippen LogP contribution in [0.15, 0.2) is 42.6 Å². The zero-order chi connectivity index (χ0) is 13.4. The highest BCUT2D eigenvalue weighted by atomic mass is 16.2. The fourth-order valence-corrected chi connectivity index (χ4v) is 2.66. The molecule has 0 bridgehead atoms. The molecule has 3 rings (SSSR count). The first-order chi connectivity index (χ1) is 9.18. The SMILES string of the molecule is CN(C)C(=O)c1ccc[n+]2c1-c1ccccc1CC2. The highest BCUT2D eigenvalue weighted by molar-refractivity contribution is 5.99. The topological polar surface area (TPSA) is 24.2 Å². The fourth-order valence-electron chi connectivity index (χ4n) is 2.66. The molecule has 0 saturated heterocycles. The third kappa shape index (κ3) is 1.91. The summed E-state index contributed by atoms with van der Waals surface area (Å²) in [5.41, 5.74) is 4.32. The standard InChI is InChI=1S/C16H17N2O/c1-17(2)16(19)14-8-5-10-18-11-9-12-6-3-4-7-13(12)15(14)18/h3-8,10H,9,11H2,1-2H3/q+1. The molecule has 0 spiro atoms. The van der Waals surface area contributed by atoms with Gasteiger partial charge in [0.2, 0.25) is 5.69 Å². The summed E-state index contributed by atoms with van der Waals surface area (Å²) in [5, 5.41) is 0. The maximum atomic E-state index is 12.3. The van der Waals surface area contributed by atoms with Crippen LogP contribution in [0.25, 0.3) is 11.3 Å². The van der Waals surface area contributed by atoms with Gasteiger partial charge in [-0.3, -0.25) is 4.79 Å². The van der Waals surface area contributed by atoms with Crippen LogP contribution in [-0.4, -0.2) is 24.9 Å². The number of nitrogens with zero attached hydrogens (tertiary/aromatic N) is 2. The number of hydrogen-bond donors (Lipinski definition) is 0. The zero-order valence-electron chi connectivity index (χ0n) is 11.3. The van der Waals surface area contributed by atoms with Gasteiger partial charge in [-0.1, -0.05) is 18.2 Å². The van der Waals surface area contributed by atoms with Crippen LogP contribution in [-0.2, 0) is 13.0 Å². The third-order valence-corrected chi connectivity index (χ3v) is 3.60. The molecule has 1 aliphatic rings. The molecule has 0 unspecified atom stereocenters. The van der Waals surface area contributed by atoms with E-state index in [1.54, 1.807) is 19.0 Å². The summed E-state index contributed by atoms with van der Waals surface area (Å²) in [4.78, 5) is 14.0. The number of benzene rings is 1. The van der Waals surface area contributed by atoms with Crippen molar-refractivity contribution in [1.82, 2.24) is 4.90 Å². The molecular formula is C16H17N2O+. The van der Waals surface area contributed by atoms with E-state index in [1.807, 2.05) is 18.2 Å².